The Kier molecular flexibility index (Phi) is 6.67. The molecule has 0 unspecified atom stereocenters. The first kappa shape index (κ1) is 19.5. The van der Waals surface area contributed by atoms with Crippen LogP contribution < -0.4 is 0 Å². The van der Waals surface area contributed by atoms with Crippen molar-refractivity contribution in [3.05, 3.63) is 35.4 Å². The number of hydrogen-bond acceptors (Lipinski definition) is 5. The molecule has 0 spiro atoms. The molecule has 1 amide bonds. The number of rotatable bonds is 4. The van der Waals surface area contributed by atoms with Crippen molar-refractivity contribution >= 4 is 22.9 Å². The Labute approximate surface area is 153 Å². The van der Waals surface area contributed by atoms with Crippen LogP contribution >= 0.6 is 11.6 Å². The molecule has 0 radical (unpaired) electrons. The topological polar surface area (TPSA) is 71.4 Å². The van der Waals surface area contributed by atoms with E-state index in [1.165, 1.54) is 0 Å². The molecule has 1 aromatic rings. The first-order valence-corrected chi connectivity index (χ1v) is 8.72. The Bertz CT molecular complexity index is 604. The zero-order valence-electron chi connectivity index (χ0n) is 14.9. The predicted octanol–water partition coefficient (Wildman–Crippen LogP) is 3.98. The van der Waals surface area contributed by atoms with Crippen molar-refractivity contribution in [3.63, 3.8) is 0 Å². The van der Waals surface area contributed by atoms with Crippen molar-refractivity contribution < 1.29 is 19.5 Å². The molecule has 1 aromatic carbocycles. The fourth-order valence-corrected chi connectivity index (χ4v) is 2.79. The molecule has 1 saturated heterocycles. The quantitative estimate of drug-likeness (QED) is 0.495. The lowest BCUT2D eigenvalue weighted by Gasteiger charge is -2.35. The number of carbonyl (C=O) groups excluding carboxylic acids is 1. The average molecular weight is 369 g/mol. The van der Waals surface area contributed by atoms with E-state index in [-0.39, 0.29) is 17.3 Å². The van der Waals surface area contributed by atoms with Gasteiger partial charge >= 0.3 is 6.09 Å². The standard InChI is InChI=1S/C18H25ClN2O4/c1-18(2,3)25-17(22)21(15-8-10-24-11-9-15)12-13-4-6-14(7-5-13)16(19)20-23/h4-7,15,23H,8-12H2,1-3H3/b20-16+. The lowest BCUT2D eigenvalue weighted by atomic mass is 10.1. The van der Waals surface area contributed by atoms with Gasteiger partial charge in [-0.1, -0.05) is 41.0 Å². The van der Waals surface area contributed by atoms with E-state index in [9.17, 15) is 4.79 Å². The van der Waals surface area contributed by atoms with Gasteiger partial charge in [-0.05, 0) is 39.2 Å². The predicted molar refractivity (Wildman–Crippen MR) is 96.2 cm³/mol. The Morgan fingerprint density at radius 1 is 1.32 bits per heavy atom. The van der Waals surface area contributed by atoms with Crippen LogP contribution in [0.4, 0.5) is 4.79 Å². The lowest BCUT2D eigenvalue weighted by molar-refractivity contribution is -0.00808. The molecule has 0 aliphatic carbocycles. The van der Waals surface area contributed by atoms with E-state index in [4.69, 9.17) is 26.3 Å². The largest absolute Gasteiger partial charge is 0.444 e. The fraction of sp³-hybridized carbons (Fsp3) is 0.556. The summed E-state index contributed by atoms with van der Waals surface area (Å²) in [6.07, 6.45) is 1.26. The maximum Gasteiger partial charge on any atom is 0.410 e. The molecule has 138 valence electrons. The highest BCUT2D eigenvalue weighted by atomic mass is 35.5. The third-order valence-electron chi connectivity index (χ3n) is 3.89. The summed E-state index contributed by atoms with van der Waals surface area (Å²) in [5.41, 5.74) is 1.02. The van der Waals surface area contributed by atoms with Crippen LogP contribution in [0, 0.1) is 0 Å². The number of nitrogens with zero attached hydrogens (tertiary/aromatic N) is 2. The molecule has 0 atom stereocenters. The van der Waals surface area contributed by atoms with E-state index in [1.807, 2.05) is 32.9 Å². The number of carbonyl (C=O) groups is 1. The van der Waals surface area contributed by atoms with Crippen molar-refractivity contribution in [2.45, 2.75) is 51.8 Å². The minimum Gasteiger partial charge on any atom is -0.444 e. The van der Waals surface area contributed by atoms with Gasteiger partial charge in [0.1, 0.15) is 5.60 Å². The molecule has 25 heavy (non-hydrogen) atoms. The summed E-state index contributed by atoms with van der Waals surface area (Å²) in [5.74, 6) is 0. The molecule has 1 fully saturated rings. The first-order valence-electron chi connectivity index (χ1n) is 8.34. The fourth-order valence-electron chi connectivity index (χ4n) is 2.66. The van der Waals surface area contributed by atoms with Gasteiger partial charge in [0.2, 0.25) is 0 Å². The molecule has 6 nitrogen and oxygen atoms in total. The molecule has 0 aromatic heterocycles. The van der Waals surface area contributed by atoms with Gasteiger partial charge in [0, 0.05) is 31.4 Å². The van der Waals surface area contributed by atoms with Crippen LogP contribution in [-0.4, -0.2) is 46.2 Å². The van der Waals surface area contributed by atoms with Crippen molar-refractivity contribution in [2.24, 2.45) is 5.16 Å². The Hall–Kier alpha value is -1.79. The zero-order valence-corrected chi connectivity index (χ0v) is 15.6. The second kappa shape index (κ2) is 8.54. The van der Waals surface area contributed by atoms with Crippen LogP contribution in [0.25, 0.3) is 0 Å². The molecular weight excluding hydrogens is 344 g/mol. The molecule has 1 aliphatic heterocycles. The molecule has 0 bridgehead atoms. The number of amides is 1. The molecular formula is C18H25ClN2O4. The highest BCUT2D eigenvalue weighted by Gasteiger charge is 2.29. The first-order chi connectivity index (χ1) is 11.8. The molecule has 0 saturated carbocycles. The lowest BCUT2D eigenvalue weighted by Crippen LogP contribution is -2.45. The van der Waals surface area contributed by atoms with Crippen LogP contribution in [0.2, 0.25) is 0 Å². The monoisotopic (exact) mass is 368 g/mol. The average Bonchev–Trinajstić information content (AvgIpc) is 2.58. The van der Waals surface area contributed by atoms with Gasteiger partial charge < -0.3 is 19.6 Å². The van der Waals surface area contributed by atoms with Gasteiger partial charge in [0.05, 0.1) is 0 Å². The number of ether oxygens (including phenoxy) is 2. The Morgan fingerprint density at radius 2 is 1.92 bits per heavy atom. The smallest absolute Gasteiger partial charge is 0.410 e. The highest BCUT2D eigenvalue weighted by molar-refractivity contribution is 6.69. The summed E-state index contributed by atoms with van der Waals surface area (Å²) in [5, 5.41) is 11.7. The maximum absolute atomic E-state index is 12.7. The van der Waals surface area contributed by atoms with Crippen LogP contribution in [0.5, 0.6) is 0 Å². The van der Waals surface area contributed by atoms with Crippen molar-refractivity contribution in [3.8, 4) is 0 Å². The van der Waals surface area contributed by atoms with Gasteiger partial charge in [-0.15, -0.1) is 0 Å². The number of halogens is 1. The highest BCUT2D eigenvalue weighted by Crippen LogP contribution is 2.21. The molecule has 7 heteroatoms. The van der Waals surface area contributed by atoms with Crippen molar-refractivity contribution in [1.82, 2.24) is 4.90 Å². The normalized spacial score (nSPS) is 16.6. The van der Waals surface area contributed by atoms with Crippen LogP contribution in [0.3, 0.4) is 0 Å². The number of hydrogen-bond donors (Lipinski definition) is 1. The van der Waals surface area contributed by atoms with E-state index in [0.717, 1.165) is 18.4 Å². The summed E-state index contributed by atoms with van der Waals surface area (Å²) >= 11 is 5.80. The van der Waals surface area contributed by atoms with E-state index in [2.05, 4.69) is 5.16 Å². The minimum absolute atomic E-state index is 0.0278. The van der Waals surface area contributed by atoms with Crippen molar-refractivity contribution in [2.75, 3.05) is 13.2 Å². The zero-order chi connectivity index (χ0) is 18.4. The van der Waals surface area contributed by atoms with Crippen LogP contribution in [0.1, 0.15) is 44.7 Å². The molecule has 1 N–H and O–H groups in total. The number of benzene rings is 1. The van der Waals surface area contributed by atoms with Gasteiger partial charge in [-0.3, -0.25) is 0 Å². The SMILES string of the molecule is CC(C)(C)OC(=O)N(Cc1ccc(/C(Cl)=N\O)cc1)C1CCOCC1. The van der Waals surface area contributed by atoms with Gasteiger partial charge in [-0.2, -0.15) is 0 Å². The van der Waals surface area contributed by atoms with E-state index in [1.54, 1.807) is 17.0 Å². The van der Waals surface area contributed by atoms with Crippen LogP contribution in [0.15, 0.2) is 29.4 Å². The second-order valence-corrected chi connectivity index (χ2v) is 7.40. The second-order valence-electron chi connectivity index (χ2n) is 7.04. The number of oxime groups is 1. The maximum atomic E-state index is 12.7. The van der Waals surface area contributed by atoms with Gasteiger partial charge in [0.25, 0.3) is 0 Å². The third-order valence-corrected chi connectivity index (χ3v) is 4.19. The summed E-state index contributed by atoms with van der Waals surface area (Å²) < 4.78 is 11.0. The summed E-state index contributed by atoms with van der Waals surface area (Å²) in [4.78, 5) is 14.4. The minimum atomic E-state index is -0.546. The molecule has 1 aliphatic rings. The third kappa shape index (κ3) is 5.90. The van der Waals surface area contributed by atoms with Crippen LogP contribution in [-0.2, 0) is 16.0 Å². The van der Waals surface area contributed by atoms with E-state index in [0.29, 0.717) is 25.3 Å². The van der Waals surface area contributed by atoms with Gasteiger partial charge in [0.15, 0.2) is 5.17 Å². The van der Waals surface area contributed by atoms with Crippen molar-refractivity contribution in [1.29, 1.82) is 0 Å². The van der Waals surface area contributed by atoms with E-state index < -0.39 is 5.60 Å². The molecule has 2 rings (SSSR count). The van der Waals surface area contributed by atoms with Gasteiger partial charge in [-0.25, -0.2) is 4.79 Å². The Morgan fingerprint density at radius 3 is 2.44 bits per heavy atom. The Balaban J connectivity index is 2.15. The molecule has 1 heterocycles. The summed E-state index contributed by atoms with van der Waals surface area (Å²) in [7, 11) is 0. The van der Waals surface area contributed by atoms with E-state index >= 15 is 0 Å². The summed E-state index contributed by atoms with van der Waals surface area (Å²) in [6, 6.07) is 7.33. The summed E-state index contributed by atoms with van der Waals surface area (Å²) in [6.45, 7) is 7.30.